The van der Waals surface area contributed by atoms with Gasteiger partial charge in [0.15, 0.2) is 0 Å². The number of nitrogens with zero attached hydrogens (tertiary/aromatic N) is 3. The van der Waals surface area contributed by atoms with Crippen molar-refractivity contribution in [2.45, 2.75) is 31.8 Å². The summed E-state index contributed by atoms with van der Waals surface area (Å²) < 4.78 is 0. The van der Waals surface area contributed by atoms with Gasteiger partial charge in [-0.15, -0.1) is 0 Å². The lowest BCUT2D eigenvalue weighted by atomic mass is 10.0. The Morgan fingerprint density at radius 3 is 2.53 bits per heavy atom. The lowest BCUT2D eigenvalue weighted by Gasteiger charge is -2.35. The summed E-state index contributed by atoms with van der Waals surface area (Å²) in [5.74, 6) is 0. The molecule has 1 aliphatic rings. The molecule has 0 aromatic carbocycles. The molecule has 5 nitrogen and oxygen atoms in total. The Labute approximate surface area is 91.2 Å². The summed E-state index contributed by atoms with van der Waals surface area (Å²) in [5.41, 5.74) is 0. The van der Waals surface area contributed by atoms with E-state index in [4.69, 9.17) is 0 Å². The van der Waals surface area contributed by atoms with Gasteiger partial charge in [-0.2, -0.15) is 0 Å². The molecule has 1 heterocycles. The normalized spacial score (nSPS) is 21.9. The Balaban J connectivity index is 2.33. The van der Waals surface area contributed by atoms with Gasteiger partial charge in [0.2, 0.25) is 6.04 Å². The molecule has 0 amide bonds. The van der Waals surface area contributed by atoms with Crippen molar-refractivity contribution in [3.05, 3.63) is 10.1 Å². The van der Waals surface area contributed by atoms with Crippen molar-refractivity contribution in [1.82, 2.24) is 9.80 Å². The lowest BCUT2D eigenvalue weighted by Crippen LogP contribution is -2.45. The highest BCUT2D eigenvalue weighted by molar-refractivity contribution is 4.77. The Bertz CT molecular complexity index is 215. The number of nitro groups is 1. The quantitative estimate of drug-likeness (QED) is 0.511. The van der Waals surface area contributed by atoms with Gasteiger partial charge in [-0.3, -0.25) is 15.0 Å². The van der Waals surface area contributed by atoms with Crippen molar-refractivity contribution in [2.75, 3.05) is 33.7 Å². The fourth-order valence-corrected chi connectivity index (χ4v) is 2.07. The summed E-state index contributed by atoms with van der Waals surface area (Å²) in [6, 6.07) is 0.0539. The molecule has 1 atom stereocenters. The van der Waals surface area contributed by atoms with Crippen LogP contribution in [0.3, 0.4) is 0 Å². The molecular formula is C10H21N3O2. The summed E-state index contributed by atoms with van der Waals surface area (Å²) in [6.07, 6.45) is 2.24. The van der Waals surface area contributed by atoms with Crippen molar-refractivity contribution in [1.29, 1.82) is 0 Å². The minimum absolute atomic E-state index is 0.203. The van der Waals surface area contributed by atoms with Crippen molar-refractivity contribution < 1.29 is 4.92 Å². The molecule has 1 unspecified atom stereocenters. The zero-order valence-electron chi connectivity index (χ0n) is 9.85. The van der Waals surface area contributed by atoms with Crippen LogP contribution in [0.2, 0.25) is 0 Å². The summed E-state index contributed by atoms with van der Waals surface area (Å²) in [7, 11) is 4.12. The lowest BCUT2D eigenvalue weighted by molar-refractivity contribution is -0.518. The average molecular weight is 215 g/mol. The Morgan fingerprint density at radius 2 is 2.07 bits per heavy atom. The van der Waals surface area contributed by atoms with E-state index >= 15 is 0 Å². The van der Waals surface area contributed by atoms with Crippen molar-refractivity contribution in [2.24, 2.45) is 0 Å². The van der Waals surface area contributed by atoms with Crippen molar-refractivity contribution >= 4 is 0 Å². The fourth-order valence-electron chi connectivity index (χ4n) is 2.07. The second kappa shape index (κ2) is 5.42. The minimum atomic E-state index is -0.463. The van der Waals surface area contributed by atoms with Crippen molar-refractivity contribution in [3.8, 4) is 0 Å². The first-order valence-corrected chi connectivity index (χ1v) is 5.53. The fraction of sp³-hybridized carbons (Fsp3) is 1.00. The molecule has 0 aromatic heterocycles. The Hall–Kier alpha value is -0.680. The smallest absolute Gasteiger partial charge is 0.222 e. The van der Waals surface area contributed by atoms with E-state index in [9.17, 15) is 10.1 Å². The van der Waals surface area contributed by atoms with Gasteiger partial charge in [0.05, 0.1) is 6.54 Å². The van der Waals surface area contributed by atoms with Gasteiger partial charge in [-0.1, -0.05) is 0 Å². The first-order chi connectivity index (χ1) is 7.00. The molecule has 0 spiro atoms. The van der Waals surface area contributed by atoms with Gasteiger partial charge in [0.25, 0.3) is 0 Å². The average Bonchev–Trinajstić information content (AvgIpc) is 2.18. The number of hydrogen-bond donors (Lipinski definition) is 0. The molecule has 1 aliphatic heterocycles. The Morgan fingerprint density at radius 1 is 1.53 bits per heavy atom. The van der Waals surface area contributed by atoms with Crippen LogP contribution < -0.4 is 0 Å². The SMILES string of the molecule is CC(CN(C)C1CCN(C)CC1)[N+](=O)[O-]. The van der Waals surface area contributed by atoms with Gasteiger partial charge in [-0.05, 0) is 40.0 Å². The first kappa shape index (κ1) is 12.4. The topological polar surface area (TPSA) is 49.6 Å². The third-order valence-electron chi connectivity index (χ3n) is 3.22. The largest absolute Gasteiger partial charge is 0.306 e. The molecule has 0 aliphatic carbocycles. The predicted octanol–water partition coefficient (Wildman–Crippen LogP) is 0.678. The van der Waals surface area contributed by atoms with Gasteiger partial charge < -0.3 is 4.90 Å². The molecule has 0 N–H and O–H groups in total. The van der Waals surface area contributed by atoms with Gasteiger partial charge >= 0.3 is 0 Å². The number of likely N-dealkylation sites (N-methyl/N-ethyl adjacent to an activating group) is 1. The summed E-state index contributed by atoms with van der Waals surface area (Å²) in [4.78, 5) is 14.8. The van der Waals surface area contributed by atoms with Gasteiger partial charge in [0, 0.05) is 17.9 Å². The highest BCUT2D eigenvalue weighted by Crippen LogP contribution is 2.14. The van der Waals surface area contributed by atoms with Crippen LogP contribution in [0.1, 0.15) is 19.8 Å². The van der Waals surface area contributed by atoms with Crippen LogP contribution in [-0.4, -0.2) is 60.5 Å². The third-order valence-corrected chi connectivity index (χ3v) is 3.22. The maximum absolute atomic E-state index is 10.5. The maximum Gasteiger partial charge on any atom is 0.222 e. The van der Waals surface area contributed by atoms with E-state index in [1.54, 1.807) is 6.92 Å². The van der Waals surface area contributed by atoms with Crippen LogP contribution in [0.15, 0.2) is 0 Å². The monoisotopic (exact) mass is 215 g/mol. The van der Waals surface area contributed by atoms with Gasteiger partial charge in [-0.25, -0.2) is 0 Å². The molecule has 88 valence electrons. The molecule has 0 saturated carbocycles. The molecular weight excluding hydrogens is 194 g/mol. The van der Waals surface area contributed by atoms with E-state index in [-0.39, 0.29) is 4.92 Å². The molecule has 1 saturated heterocycles. The van der Waals surface area contributed by atoms with Crippen LogP contribution >= 0.6 is 0 Å². The van der Waals surface area contributed by atoms with Crippen molar-refractivity contribution in [3.63, 3.8) is 0 Å². The molecule has 1 fully saturated rings. The summed E-state index contributed by atoms with van der Waals surface area (Å²) in [5, 5.41) is 10.5. The van der Waals surface area contributed by atoms with E-state index in [0.29, 0.717) is 12.6 Å². The highest BCUT2D eigenvalue weighted by atomic mass is 16.6. The van der Waals surface area contributed by atoms with E-state index in [0.717, 1.165) is 25.9 Å². The van der Waals surface area contributed by atoms with E-state index in [1.807, 2.05) is 7.05 Å². The van der Waals surface area contributed by atoms with Crippen LogP contribution in [0.5, 0.6) is 0 Å². The minimum Gasteiger partial charge on any atom is -0.306 e. The van der Waals surface area contributed by atoms with Crippen LogP contribution in [-0.2, 0) is 0 Å². The molecule has 0 aromatic rings. The number of rotatable bonds is 4. The summed E-state index contributed by atoms with van der Waals surface area (Å²) >= 11 is 0. The second-order valence-corrected chi connectivity index (χ2v) is 4.61. The van der Waals surface area contributed by atoms with Crippen LogP contribution in [0.4, 0.5) is 0 Å². The second-order valence-electron chi connectivity index (χ2n) is 4.61. The zero-order chi connectivity index (χ0) is 11.4. The number of likely N-dealkylation sites (tertiary alicyclic amines) is 1. The molecule has 5 heteroatoms. The standard InChI is InChI=1S/C10H21N3O2/c1-9(13(14)15)8-12(3)10-4-6-11(2)7-5-10/h9-10H,4-8H2,1-3H3. The number of piperidine rings is 1. The van der Waals surface area contributed by atoms with E-state index in [1.165, 1.54) is 0 Å². The van der Waals surface area contributed by atoms with Gasteiger partial charge in [0.1, 0.15) is 0 Å². The molecule has 15 heavy (non-hydrogen) atoms. The van der Waals surface area contributed by atoms with E-state index in [2.05, 4.69) is 16.8 Å². The third kappa shape index (κ3) is 3.76. The first-order valence-electron chi connectivity index (χ1n) is 5.53. The maximum atomic E-state index is 10.5. The van der Waals surface area contributed by atoms with E-state index < -0.39 is 6.04 Å². The molecule has 0 bridgehead atoms. The predicted molar refractivity (Wildman–Crippen MR) is 59.6 cm³/mol. The summed E-state index contributed by atoms with van der Waals surface area (Å²) in [6.45, 7) is 4.43. The zero-order valence-corrected chi connectivity index (χ0v) is 9.85. The number of hydrogen-bond acceptors (Lipinski definition) is 4. The van der Waals surface area contributed by atoms with Crippen LogP contribution in [0.25, 0.3) is 0 Å². The van der Waals surface area contributed by atoms with Crippen LogP contribution in [0, 0.1) is 10.1 Å². The molecule has 1 rings (SSSR count). The Kier molecular flexibility index (Phi) is 4.47. The highest BCUT2D eigenvalue weighted by Gasteiger charge is 2.24. The molecule has 0 radical (unpaired) electrons.